The molecule has 1 aromatic carbocycles. The average Bonchev–Trinajstić information content (AvgIpc) is 2.99. The minimum Gasteiger partial charge on any atom is -0.396 e. The lowest BCUT2D eigenvalue weighted by Gasteiger charge is -2.18. The minimum atomic E-state index is 0. The molecule has 0 bridgehead atoms. The summed E-state index contributed by atoms with van der Waals surface area (Å²) in [6.07, 6.45) is 0. The minimum absolute atomic E-state index is 0. The Morgan fingerprint density at radius 1 is 1.29 bits per heavy atom. The summed E-state index contributed by atoms with van der Waals surface area (Å²) in [5.74, 6) is 0.805. The van der Waals surface area contributed by atoms with Crippen LogP contribution in [0.4, 0.5) is 0 Å². The molecule has 1 aromatic heterocycles. The van der Waals surface area contributed by atoms with Crippen LogP contribution in [-0.2, 0) is 6.54 Å². The average molecular weight is 460 g/mol. The maximum absolute atomic E-state index is 9.63. The van der Waals surface area contributed by atoms with Crippen molar-refractivity contribution in [2.45, 2.75) is 26.3 Å². The molecule has 0 fully saturated rings. The van der Waals surface area contributed by atoms with Crippen molar-refractivity contribution in [2.24, 2.45) is 4.99 Å². The van der Waals surface area contributed by atoms with E-state index >= 15 is 0 Å². The number of nitrogens with one attached hydrogen (secondary N) is 2. The standard InChI is InChI=1S/C17H24N4OS.HI/c1-3-18-17(20-10-16-13(2)21-12-23-16)19-9-15(11-22)14-7-5-4-6-8-14;/h4-8,12,15,22H,3,9-11H2,1-2H3,(H2,18,19,20);1H. The van der Waals surface area contributed by atoms with Gasteiger partial charge in [-0.25, -0.2) is 9.98 Å². The molecule has 3 N–H and O–H groups in total. The molecule has 5 nitrogen and oxygen atoms in total. The van der Waals surface area contributed by atoms with Gasteiger partial charge in [-0.15, -0.1) is 35.3 Å². The molecule has 0 radical (unpaired) electrons. The fraction of sp³-hybridized carbons (Fsp3) is 0.412. The Bertz CT molecular complexity index is 618. The van der Waals surface area contributed by atoms with Crippen molar-refractivity contribution < 1.29 is 5.11 Å². The smallest absolute Gasteiger partial charge is 0.191 e. The van der Waals surface area contributed by atoms with Gasteiger partial charge in [0.05, 0.1) is 24.4 Å². The van der Waals surface area contributed by atoms with Gasteiger partial charge in [-0.3, -0.25) is 0 Å². The topological polar surface area (TPSA) is 69.5 Å². The van der Waals surface area contributed by atoms with Crippen LogP contribution >= 0.6 is 35.3 Å². The van der Waals surface area contributed by atoms with Crippen LogP contribution in [0.1, 0.15) is 29.0 Å². The molecule has 0 aliphatic heterocycles. The van der Waals surface area contributed by atoms with Crippen LogP contribution in [-0.4, -0.2) is 35.7 Å². The summed E-state index contributed by atoms with van der Waals surface area (Å²) < 4.78 is 0. The zero-order valence-corrected chi connectivity index (χ0v) is 17.2. The van der Waals surface area contributed by atoms with Crippen LogP contribution in [0.2, 0.25) is 0 Å². The van der Waals surface area contributed by atoms with Crippen molar-refractivity contribution in [3.05, 3.63) is 52.0 Å². The number of aliphatic imine (C=N–C) groups is 1. The number of halogens is 1. The summed E-state index contributed by atoms with van der Waals surface area (Å²) >= 11 is 1.62. The first-order chi connectivity index (χ1) is 11.2. The van der Waals surface area contributed by atoms with E-state index in [0.29, 0.717) is 13.1 Å². The molecule has 132 valence electrons. The van der Waals surface area contributed by atoms with Crippen molar-refractivity contribution in [1.82, 2.24) is 15.6 Å². The van der Waals surface area contributed by atoms with Gasteiger partial charge < -0.3 is 15.7 Å². The Morgan fingerprint density at radius 3 is 2.62 bits per heavy atom. The van der Waals surface area contributed by atoms with E-state index in [4.69, 9.17) is 0 Å². The van der Waals surface area contributed by atoms with Gasteiger partial charge in [0.25, 0.3) is 0 Å². The van der Waals surface area contributed by atoms with E-state index in [2.05, 4.69) is 20.6 Å². The second-order valence-corrected chi connectivity index (χ2v) is 6.17. The highest BCUT2D eigenvalue weighted by atomic mass is 127. The predicted octanol–water partition coefficient (Wildman–Crippen LogP) is 2.90. The predicted molar refractivity (Wildman–Crippen MR) is 111 cm³/mol. The Balaban J connectivity index is 0.00000288. The lowest BCUT2D eigenvalue weighted by molar-refractivity contribution is 0.265. The van der Waals surface area contributed by atoms with Crippen LogP contribution in [0, 0.1) is 6.92 Å². The van der Waals surface area contributed by atoms with Gasteiger partial charge in [0.15, 0.2) is 5.96 Å². The quantitative estimate of drug-likeness (QED) is 0.338. The van der Waals surface area contributed by atoms with Crippen LogP contribution < -0.4 is 10.6 Å². The number of benzene rings is 1. The highest BCUT2D eigenvalue weighted by Gasteiger charge is 2.11. The van der Waals surface area contributed by atoms with Crippen LogP contribution in [0.15, 0.2) is 40.8 Å². The normalized spacial score (nSPS) is 12.4. The Labute approximate surface area is 164 Å². The Hall–Kier alpha value is -1.19. The maximum atomic E-state index is 9.63. The number of guanidine groups is 1. The van der Waals surface area contributed by atoms with E-state index in [1.165, 1.54) is 4.88 Å². The van der Waals surface area contributed by atoms with Crippen molar-refractivity contribution >= 4 is 41.3 Å². The number of aliphatic hydroxyl groups excluding tert-OH is 1. The molecule has 1 unspecified atom stereocenters. The van der Waals surface area contributed by atoms with Crippen molar-refractivity contribution in [2.75, 3.05) is 19.7 Å². The molecule has 1 atom stereocenters. The van der Waals surface area contributed by atoms with Crippen molar-refractivity contribution in [3.63, 3.8) is 0 Å². The third-order valence-electron chi connectivity index (χ3n) is 3.58. The molecule has 0 aliphatic carbocycles. The molecule has 2 rings (SSSR count). The summed E-state index contributed by atoms with van der Waals surface area (Å²) in [6, 6.07) is 10.0. The van der Waals surface area contributed by atoms with Gasteiger partial charge in [-0.1, -0.05) is 30.3 Å². The van der Waals surface area contributed by atoms with Crippen LogP contribution in [0.3, 0.4) is 0 Å². The zero-order chi connectivity index (χ0) is 16.5. The highest BCUT2D eigenvalue weighted by Crippen LogP contribution is 2.14. The third-order valence-corrected chi connectivity index (χ3v) is 4.50. The number of aryl methyl sites for hydroxylation is 1. The lowest BCUT2D eigenvalue weighted by atomic mass is 10.0. The Morgan fingerprint density at radius 2 is 2.04 bits per heavy atom. The number of thiazole rings is 1. The summed E-state index contributed by atoms with van der Waals surface area (Å²) in [5.41, 5.74) is 4.00. The molecule has 2 aromatic rings. The summed E-state index contributed by atoms with van der Waals surface area (Å²) in [6.45, 7) is 6.18. The molecule has 0 aliphatic rings. The maximum Gasteiger partial charge on any atom is 0.191 e. The molecule has 7 heteroatoms. The fourth-order valence-electron chi connectivity index (χ4n) is 2.20. The van der Waals surface area contributed by atoms with Gasteiger partial charge in [-0.05, 0) is 19.4 Å². The summed E-state index contributed by atoms with van der Waals surface area (Å²) in [7, 11) is 0. The number of aliphatic hydroxyl groups is 1. The third kappa shape index (κ3) is 6.37. The SMILES string of the molecule is CCNC(=NCc1scnc1C)NCC(CO)c1ccccc1.I. The zero-order valence-electron chi connectivity index (χ0n) is 14.0. The molecular weight excluding hydrogens is 435 g/mol. The van der Waals surface area contributed by atoms with Crippen molar-refractivity contribution in [3.8, 4) is 0 Å². The number of aromatic nitrogens is 1. The monoisotopic (exact) mass is 460 g/mol. The molecule has 24 heavy (non-hydrogen) atoms. The van der Waals surface area contributed by atoms with Gasteiger partial charge in [0.2, 0.25) is 0 Å². The van der Waals surface area contributed by atoms with E-state index in [-0.39, 0.29) is 36.5 Å². The van der Waals surface area contributed by atoms with E-state index in [9.17, 15) is 5.11 Å². The summed E-state index contributed by atoms with van der Waals surface area (Å²) in [4.78, 5) is 10.0. The largest absolute Gasteiger partial charge is 0.396 e. The van der Waals surface area contributed by atoms with Gasteiger partial charge in [0, 0.05) is 23.9 Å². The first-order valence-corrected chi connectivity index (χ1v) is 8.69. The number of rotatable bonds is 7. The van der Waals surface area contributed by atoms with E-state index in [0.717, 1.165) is 23.8 Å². The first-order valence-electron chi connectivity index (χ1n) is 7.81. The number of nitrogens with zero attached hydrogens (tertiary/aromatic N) is 2. The van der Waals surface area contributed by atoms with Gasteiger partial charge in [0.1, 0.15) is 0 Å². The van der Waals surface area contributed by atoms with E-state index in [1.54, 1.807) is 11.3 Å². The first kappa shape index (κ1) is 20.9. The molecule has 0 amide bonds. The van der Waals surface area contributed by atoms with E-state index in [1.807, 2.05) is 49.7 Å². The highest BCUT2D eigenvalue weighted by molar-refractivity contribution is 14.0. The molecule has 1 heterocycles. The van der Waals surface area contributed by atoms with Gasteiger partial charge >= 0.3 is 0 Å². The fourth-order valence-corrected chi connectivity index (χ4v) is 2.90. The lowest BCUT2D eigenvalue weighted by Crippen LogP contribution is -2.39. The van der Waals surface area contributed by atoms with Crippen LogP contribution in [0.5, 0.6) is 0 Å². The number of hydrogen-bond donors (Lipinski definition) is 3. The second kappa shape index (κ2) is 11.4. The molecule has 0 saturated heterocycles. The summed E-state index contributed by atoms with van der Waals surface area (Å²) in [5, 5.41) is 16.2. The van der Waals surface area contributed by atoms with E-state index < -0.39 is 0 Å². The number of hydrogen-bond acceptors (Lipinski definition) is 4. The Kier molecular flexibility index (Phi) is 9.89. The molecule has 0 spiro atoms. The van der Waals surface area contributed by atoms with Crippen LogP contribution in [0.25, 0.3) is 0 Å². The molecule has 0 saturated carbocycles. The second-order valence-electron chi connectivity index (χ2n) is 5.23. The van der Waals surface area contributed by atoms with Gasteiger partial charge in [-0.2, -0.15) is 0 Å². The van der Waals surface area contributed by atoms with Crippen molar-refractivity contribution in [1.29, 1.82) is 0 Å². The molecular formula is C17H25IN4OS.